The second kappa shape index (κ2) is 15.4. The molecule has 12 nitrogen and oxygen atoms in total. The number of hydrogen-bond donors (Lipinski definition) is 1. The highest BCUT2D eigenvalue weighted by Gasteiger charge is 2.33. The van der Waals surface area contributed by atoms with Crippen LogP contribution in [0.1, 0.15) is 77.8 Å². The molecule has 2 amide bonds. The molecule has 0 saturated carbocycles. The molecule has 1 saturated heterocycles. The minimum Gasteiger partial charge on any atom is -0.444 e. The minimum atomic E-state index is -0.823. The smallest absolute Gasteiger partial charge is 0.437 e. The van der Waals surface area contributed by atoms with Gasteiger partial charge in [0.1, 0.15) is 17.8 Å². The lowest BCUT2D eigenvalue weighted by atomic mass is 10.0. The number of aromatic nitrogens is 2. The summed E-state index contributed by atoms with van der Waals surface area (Å²) in [5.41, 5.74) is 4.29. The number of oxime groups is 1. The van der Waals surface area contributed by atoms with Crippen molar-refractivity contribution in [3.05, 3.63) is 95.9 Å². The Bertz CT molecular complexity index is 1820. The van der Waals surface area contributed by atoms with E-state index in [9.17, 15) is 9.59 Å². The molecule has 1 aliphatic heterocycles. The Morgan fingerprint density at radius 2 is 1.52 bits per heavy atom. The number of guanidine groups is 1. The predicted octanol–water partition coefficient (Wildman–Crippen LogP) is 7.95. The number of aliphatic imine (C=N–C) groups is 1. The number of ether oxygens (including phenoxy) is 2. The molecule has 1 atom stereocenters. The monoisotopic (exact) mass is 680 g/mol. The van der Waals surface area contributed by atoms with Crippen molar-refractivity contribution >= 4 is 23.9 Å². The number of benzene rings is 3. The molecule has 0 bridgehead atoms. The van der Waals surface area contributed by atoms with Gasteiger partial charge in [0.15, 0.2) is 0 Å². The van der Waals surface area contributed by atoms with Gasteiger partial charge < -0.3 is 23.7 Å². The van der Waals surface area contributed by atoms with E-state index in [2.05, 4.69) is 49.9 Å². The van der Waals surface area contributed by atoms with Crippen LogP contribution in [0.25, 0.3) is 22.5 Å². The maximum atomic E-state index is 12.6. The summed E-state index contributed by atoms with van der Waals surface area (Å²) in [5, 5.41) is 11.1. The molecule has 1 N–H and O–H groups in total. The molecule has 2 heterocycles. The van der Waals surface area contributed by atoms with Gasteiger partial charge >= 0.3 is 12.2 Å². The van der Waals surface area contributed by atoms with Crippen LogP contribution in [0.2, 0.25) is 0 Å². The average molecular weight is 681 g/mol. The fourth-order valence-corrected chi connectivity index (χ4v) is 5.16. The van der Waals surface area contributed by atoms with Gasteiger partial charge in [-0.3, -0.25) is 5.32 Å². The number of nitrogens with zero attached hydrogens (tertiary/aromatic N) is 5. The van der Waals surface area contributed by atoms with Crippen LogP contribution in [0, 0.1) is 0 Å². The summed E-state index contributed by atoms with van der Waals surface area (Å²) in [5.74, 6) is 0.780. The number of alkyl carbamates (subject to hydrolysis) is 1. The zero-order valence-corrected chi connectivity index (χ0v) is 29.6. The summed E-state index contributed by atoms with van der Waals surface area (Å²) in [6.07, 6.45) is -0.917. The number of likely N-dealkylation sites (tertiary alicyclic amines) is 1. The van der Waals surface area contributed by atoms with Crippen molar-refractivity contribution in [2.75, 3.05) is 13.1 Å². The number of hydrogen-bond acceptors (Lipinski definition) is 9. The van der Waals surface area contributed by atoms with Gasteiger partial charge in [-0.2, -0.15) is 4.98 Å². The van der Waals surface area contributed by atoms with Crippen LogP contribution in [-0.4, -0.2) is 63.2 Å². The Hall–Kier alpha value is -5.52. The van der Waals surface area contributed by atoms with Crippen molar-refractivity contribution in [1.29, 1.82) is 0 Å². The number of nitrogens with one attached hydrogen (secondary N) is 1. The number of carbonyl (C=O) groups excluding carboxylic acids is 2. The SMILES string of the molecule is CC(=NOCc1ccc(-c2ccccc2)cc1)c1ccc(-c2noc([C@@H]3CCN(C(=NC(=O)OC(C)(C)C)NC(=O)OC(C)(C)C)C3)n2)cc1. The number of rotatable bonds is 7. The molecule has 4 aromatic rings. The lowest BCUT2D eigenvalue weighted by Gasteiger charge is -2.24. The summed E-state index contributed by atoms with van der Waals surface area (Å²) in [4.78, 5) is 41.2. The Morgan fingerprint density at radius 3 is 2.18 bits per heavy atom. The quantitative estimate of drug-likeness (QED) is 0.117. The number of carbonyl (C=O) groups is 2. The molecular formula is C38H44N6O6. The van der Waals surface area contributed by atoms with Crippen LogP contribution < -0.4 is 5.32 Å². The summed E-state index contributed by atoms with van der Waals surface area (Å²) in [7, 11) is 0. The van der Waals surface area contributed by atoms with Crippen molar-refractivity contribution in [3.63, 3.8) is 0 Å². The Morgan fingerprint density at radius 1 is 0.880 bits per heavy atom. The maximum absolute atomic E-state index is 12.6. The van der Waals surface area contributed by atoms with Crippen LogP contribution >= 0.6 is 0 Å². The molecule has 50 heavy (non-hydrogen) atoms. The van der Waals surface area contributed by atoms with Crippen molar-refractivity contribution in [1.82, 2.24) is 20.4 Å². The Kier molecular flexibility index (Phi) is 11.0. The molecule has 0 unspecified atom stereocenters. The zero-order valence-electron chi connectivity index (χ0n) is 29.6. The molecular weight excluding hydrogens is 636 g/mol. The standard InChI is InChI=1S/C38H44N6O6/c1-25(42-47-24-26-13-15-29(16-14-26)28-11-9-8-10-12-28)27-17-19-30(20-18-27)32-39-33(50-43-32)31-21-22-44(23-31)34(40-35(45)48-37(2,3)4)41-36(46)49-38(5,6)7/h8-20,31H,21-24H2,1-7H3,(H,40,41,45,46)/t31-/m1/s1. The first-order valence-corrected chi connectivity index (χ1v) is 16.5. The van der Waals surface area contributed by atoms with E-state index in [1.165, 1.54) is 5.56 Å². The van der Waals surface area contributed by atoms with Crippen LogP contribution in [0.3, 0.4) is 0 Å². The molecule has 1 fully saturated rings. The molecule has 262 valence electrons. The molecule has 5 rings (SSSR count). The highest BCUT2D eigenvalue weighted by molar-refractivity contribution is 5.99. The molecule has 3 aromatic carbocycles. The first-order valence-electron chi connectivity index (χ1n) is 16.5. The summed E-state index contributed by atoms with van der Waals surface area (Å²) in [6, 6.07) is 26.2. The van der Waals surface area contributed by atoms with Gasteiger partial charge in [0.05, 0.1) is 11.6 Å². The third-order valence-electron chi connectivity index (χ3n) is 7.54. The van der Waals surface area contributed by atoms with E-state index < -0.39 is 23.4 Å². The van der Waals surface area contributed by atoms with Crippen LogP contribution in [0.5, 0.6) is 0 Å². The second-order valence-electron chi connectivity index (χ2n) is 14.0. The van der Waals surface area contributed by atoms with Gasteiger partial charge in [0.25, 0.3) is 0 Å². The Balaban J connectivity index is 1.18. The fraction of sp³-hybridized carbons (Fsp3) is 0.368. The predicted molar refractivity (Wildman–Crippen MR) is 191 cm³/mol. The van der Waals surface area contributed by atoms with Gasteiger partial charge in [-0.05, 0) is 77.1 Å². The zero-order chi connectivity index (χ0) is 35.9. The highest BCUT2D eigenvalue weighted by atomic mass is 16.6. The van der Waals surface area contributed by atoms with E-state index in [0.29, 0.717) is 37.8 Å². The van der Waals surface area contributed by atoms with Gasteiger partial charge in [-0.25, -0.2) is 9.59 Å². The lowest BCUT2D eigenvalue weighted by molar-refractivity contribution is 0.0555. The lowest BCUT2D eigenvalue weighted by Crippen LogP contribution is -2.45. The molecule has 1 aromatic heterocycles. The van der Waals surface area contributed by atoms with E-state index in [1.54, 1.807) is 46.4 Å². The van der Waals surface area contributed by atoms with Gasteiger partial charge in [-0.1, -0.05) is 89.2 Å². The number of amides is 2. The highest BCUT2D eigenvalue weighted by Crippen LogP contribution is 2.28. The topological polar surface area (TPSA) is 141 Å². The van der Waals surface area contributed by atoms with E-state index >= 15 is 0 Å². The summed E-state index contributed by atoms with van der Waals surface area (Å²) >= 11 is 0. The van der Waals surface area contributed by atoms with Crippen LogP contribution in [0.4, 0.5) is 9.59 Å². The normalized spacial score (nSPS) is 15.5. The summed E-state index contributed by atoms with van der Waals surface area (Å²) < 4.78 is 16.4. The molecule has 0 aliphatic carbocycles. The maximum Gasteiger partial charge on any atom is 0.437 e. The second-order valence-corrected chi connectivity index (χ2v) is 14.0. The Labute approximate surface area is 292 Å². The third kappa shape index (κ3) is 10.2. The molecule has 0 radical (unpaired) electrons. The van der Waals surface area contributed by atoms with Crippen molar-refractivity contribution in [3.8, 4) is 22.5 Å². The first kappa shape index (κ1) is 35.8. The molecule has 0 spiro atoms. The van der Waals surface area contributed by atoms with Gasteiger partial charge in [-0.15, -0.1) is 4.99 Å². The third-order valence-corrected chi connectivity index (χ3v) is 7.54. The molecule has 1 aliphatic rings. The average Bonchev–Trinajstić information content (AvgIpc) is 3.74. The molecule has 12 heteroatoms. The van der Waals surface area contributed by atoms with Gasteiger partial charge in [0, 0.05) is 18.7 Å². The van der Waals surface area contributed by atoms with E-state index in [0.717, 1.165) is 28.0 Å². The largest absolute Gasteiger partial charge is 0.444 e. The van der Waals surface area contributed by atoms with Gasteiger partial charge in [0.2, 0.25) is 17.7 Å². The van der Waals surface area contributed by atoms with Crippen molar-refractivity contribution in [2.24, 2.45) is 10.1 Å². The first-order chi connectivity index (χ1) is 23.7. The van der Waals surface area contributed by atoms with Crippen molar-refractivity contribution in [2.45, 2.75) is 78.6 Å². The summed E-state index contributed by atoms with van der Waals surface area (Å²) in [6.45, 7) is 13.6. The van der Waals surface area contributed by atoms with E-state index in [1.807, 2.05) is 61.5 Å². The van der Waals surface area contributed by atoms with Crippen LogP contribution in [0.15, 0.2) is 93.5 Å². The van der Waals surface area contributed by atoms with Crippen LogP contribution in [-0.2, 0) is 20.9 Å². The van der Waals surface area contributed by atoms with Crippen molar-refractivity contribution < 1.29 is 28.4 Å². The van der Waals surface area contributed by atoms with E-state index in [4.69, 9.17) is 18.8 Å². The minimum absolute atomic E-state index is 0.0355. The fourth-order valence-electron chi connectivity index (χ4n) is 5.16. The van der Waals surface area contributed by atoms with E-state index in [-0.39, 0.29) is 11.9 Å².